The Hall–Kier alpha value is -2.20. The Bertz CT molecular complexity index is 329. The molecule has 4 amide bonds. The Labute approximate surface area is 89.6 Å². The Morgan fingerprint density at radius 1 is 0.938 bits per heavy atom. The van der Waals surface area contributed by atoms with E-state index in [1.807, 2.05) is 0 Å². The number of hydrogen-bond donors (Lipinski definition) is 2. The fourth-order valence-electron chi connectivity index (χ4n) is 0.565. The first-order valence-corrected chi connectivity index (χ1v) is 3.70. The number of carbonyl (C=O) groups is 4. The Morgan fingerprint density at radius 2 is 1.44 bits per heavy atom. The quantitative estimate of drug-likeness (QED) is 0.160. The molecule has 4 N–H and O–H groups in total. The number of ether oxygens (including phenoxy) is 2. The summed E-state index contributed by atoms with van der Waals surface area (Å²) in [6.07, 6.45) is -1.25. The minimum atomic E-state index is -1.48. The lowest BCUT2D eigenvalue weighted by atomic mass is 10.6. The summed E-state index contributed by atoms with van der Waals surface area (Å²) in [4.78, 5) is 43.6. The second-order valence-corrected chi connectivity index (χ2v) is 2.29. The van der Waals surface area contributed by atoms with Gasteiger partial charge in [0.2, 0.25) is 0 Å². The first-order valence-electron chi connectivity index (χ1n) is 3.70. The van der Waals surface area contributed by atoms with Crippen LogP contribution in [0.15, 0.2) is 0 Å². The van der Waals surface area contributed by atoms with Crippen LogP contribution in [0.3, 0.4) is 0 Å². The molecule has 0 saturated carbocycles. The molecule has 0 aromatic heterocycles. The van der Waals surface area contributed by atoms with Gasteiger partial charge in [0.15, 0.2) is 0 Å². The average molecular weight is 234 g/mol. The molecule has 90 valence electrons. The summed E-state index contributed by atoms with van der Waals surface area (Å²) >= 11 is 0. The van der Waals surface area contributed by atoms with Crippen molar-refractivity contribution in [3.05, 3.63) is 0 Å². The van der Waals surface area contributed by atoms with Gasteiger partial charge in [-0.2, -0.15) is 10.0 Å². The number of hydrogen-bond acceptors (Lipinski definition) is 8. The highest BCUT2D eigenvalue weighted by Crippen LogP contribution is 1.94. The minimum Gasteiger partial charge on any atom is -0.462 e. The summed E-state index contributed by atoms with van der Waals surface area (Å²) < 4.78 is 8.09. The first kappa shape index (κ1) is 13.8. The van der Waals surface area contributed by atoms with Crippen molar-refractivity contribution < 1.29 is 28.7 Å². The zero-order valence-electron chi connectivity index (χ0n) is 8.50. The zero-order chi connectivity index (χ0) is 12.9. The lowest BCUT2D eigenvalue weighted by Gasteiger charge is -2.18. The maximum Gasteiger partial charge on any atom is 0.432 e. The molecule has 10 nitrogen and oxygen atoms in total. The molecule has 0 aliphatic carbocycles. The molecule has 0 unspecified atom stereocenters. The summed E-state index contributed by atoms with van der Waals surface area (Å²) in [6.45, 7) is 0. The predicted octanol–water partition coefficient (Wildman–Crippen LogP) is -2.08. The molecule has 0 atom stereocenters. The van der Waals surface area contributed by atoms with Gasteiger partial charge in [-0.05, 0) is 0 Å². The first-order chi connectivity index (χ1) is 7.36. The molecule has 16 heavy (non-hydrogen) atoms. The van der Waals surface area contributed by atoms with Gasteiger partial charge in [-0.15, -0.1) is 0 Å². The SMILES string of the molecule is COC(=O)C(=O)N(N)C(=O)N(N)C(=O)OC. The molecule has 0 heterocycles. The third-order valence-electron chi connectivity index (χ3n) is 1.36. The highest BCUT2D eigenvalue weighted by atomic mass is 16.5. The molecule has 0 fully saturated rings. The van der Waals surface area contributed by atoms with E-state index in [-0.39, 0.29) is 10.0 Å². The number of nitrogens with two attached hydrogens (primary N) is 2. The van der Waals surface area contributed by atoms with Gasteiger partial charge in [0.1, 0.15) is 0 Å². The van der Waals surface area contributed by atoms with Crippen molar-refractivity contribution in [2.24, 2.45) is 11.7 Å². The second kappa shape index (κ2) is 5.63. The number of amides is 4. The van der Waals surface area contributed by atoms with E-state index < -0.39 is 24.0 Å². The van der Waals surface area contributed by atoms with Crippen LogP contribution < -0.4 is 11.7 Å². The molecular weight excluding hydrogens is 224 g/mol. The molecule has 0 spiro atoms. The van der Waals surface area contributed by atoms with Crippen molar-refractivity contribution in [2.45, 2.75) is 0 Å². The minimum absolute atomic E-state index is 0.0825. The van der Waals surface area contributed by atoms with Gasteiger partial charge < -0.3 is 9.47 Å². The van der Waals surface area contributed by atoms with Gasteiger partial charge in [-0.3, -0.25) is 4.79 Å². The van der Waals surface area contributed by atoms with Gasteiger partial charge in [-0.1, -0.05) is 0 Å². The van der Waals surface area contributed by atoms with E-state index in [2.05, 4.69) is 9.47 Å². The molecule has 0 radical (unpaired) electrons. The Balaban J connectivity index is 4.68. The average Bonchev–Trinajstić information content (AvgIpc) is 2.32. The summed E-state index contributed by atoms with van der Waals surface area (Å²) in [5, 5.41) is -0.260. The van der Waals surface area contributed by atoms with Crippen molar-refractivity contribution in [1.82, 2.24) is 10.0 Å². The molecule has 0 aliphatic heterocycles. The van der Waals surface area contributed by atoms with Crippen LogP contribution in [-0.2, 0) is 19.1 Å². The van der Waals surface area contributed by atoms with Crippen LogP contribution in [0, 0.1) is 0 Å². The van der Waals surface area contributed by atoms with E-state index in [0.29, 0.717) is 0 Å². The monoisotopic (exact) mass is 234 g/mol. The van der Waals surface area contributed by atoms with E-state index in [4.69, 9.17) is 11.7 Å². The third kappa shape index (κ3) is 2.90. The van der Waals surface area contributed by atoms with Crippen molar-refractivity contribution in [3.8, 4) is 0 Å². The van der Waals surface area contributed by atoms with E-state index in [1.54, 1.807) is 0 Å². The maximum absolute atomic E-state index is 11.2. The number of methoxy groups -OCH3 is 2. The van der Waals surface area contributed by atoms with Crippen molar-refractivity contribution in [1.29, 1.82) is 0 Å². The maximum atomic E-state index is 11.2. The van der Waals surface area contributed by atoms with Crippen LogP contribution in [0.4, 0.5) is 9.59 Å². The van der Waals surface area contributed by atoms with Gasteiger partial charge in [0, 0.05) is 0 Å². The Kier molecular flexibility index (Phi) is 4.85. The van der Waals surface area contributed by atoms with Crippen LogP contribution in [0.1, 0.15) is 0 Å². The molecule has 0 aromatic carbocycles. The molecule has 0 saturated heterocycles. The van der Waals surface area contributed by atoms with Crippen molar-refractivity contribution >= 4 is 24.0 Å². The number of hydrazine groups is 2. The lowest BCUT2D eigenvalue weighted by molar-refractivity contribution is -0.156. The van der Waals surface area contributed by atoms with Crippen LogP contribution >= 0.6 is 0 Å². The van der Waals surface area contributed by atoms with Crippen molar-refractivity contribution in [2.75, 3.05) is 14.2 Å². The van der Waals surface area contributed by atoms with Crippen LogP contribution in [-0.4, -0.2) is 48.2 Å². The number of rotatable bonds is 0. The summed E-state index contributed by atoms with van der Waals surface area (Å²) in [5.74, 6) is 7.01. The highest BCUT2D eigenvalue weighted by Gasteiger charge is 2.31. The largest absolute Gasteiger partial charge is 0.462 e. The van der Waals surface area contributed by atoms with Gasteiger partial charge in [-0.25, -0.2) is 26.1 Å². The normalized spacial score (nSPS) is 9.00. The molecule has 0 aliphatic rings. The van der Waals surface area contributed by atoms with E-state index in [0.717, 1.165) is 14.2 Å². The summed E-state index contributed by atoms with van der Waals surface area (Å²) in [6, 6.07) is -1.44. The smallest absolute Gasteiger partial charge is 0.432 e. The summed E-state index contributed by atoms with van der Waals surface area (Å²) in [7, 11) is 1.87. The fourth-order valence-corrected chi connectivity index (χ4v) is 0.565. The van der Waals surface area contributed by atoms with E-state index in [9.17, 15) is 19.2 Å². The summed E-state index contributed by atoms with van der Waals surface area (Å²) in [5.41, 5.74) is 0. The lowest BCUT2D eigenvalue weighted by Crippen LogP contribution is -2.56. The standard InChI is InChI=1S/C6H10N4O6/c1-15-4(12)3(11)9(7)5(13)10(8)6(14)16-2/h7-8H2,1-2H3. The van der Waals surface area contributed by atoms with Crippen LogP contribution in [0.25, 0.3) is 0 Å². The number of esters is 1. The predicted molar refractivity (Wildman–Crippen MR) is 46.9 cm³/mol. The number of imide groups is 2. The topological polar surface area (TPSA) is 145 Å². The molecule has 0 rings (SSSR count). The van der Waals surface area contributed by atoms with Crippen LogP contribution in [0.5, 0.6) is 0 Å². The second-order valence-electron chi connectivity index (χ2n) is 2.29. The number of urea groups is 1. The van der Waals surface area contributed by atoms with Crippen molar-refractivity contribution in [3.63, 3.8) is 0 Å². The fraction of sp³-hybridized carbons (Fsp3) is 0.333. The zero-order valence-corrected chi connectivity index (χ0v) is 8.50. The number of nitrogens with zero attached hydrogens (tertiary/aromatic N) is 2. The molecule has 10 heteroatoms. The number of carbonyl (C=O) groups excluding carboxylic acids is 4. The van der Waals surface area contributed by atoms with E-state index in [1.165, 1.54) is 0 Å². The molecule has 0 aromatic rings. The highest BCUT2D eigenvalue weighted by molar-refractivity contribution is 6.35. The molecule has 0 bridgehead atoms. The van der Waals surface area contributed by atoms with Crippen LogP contribution in [0.2, 0.25) is 0 Å². The van der Waals surface area contributed by atoms with Gasteiger partial charge in [0.25, 0.3) is 0 Å². The van der Waals surface area contributed by atoms with E-state index >= 15 is 0 Å². The Morgan fingerprint density at radius 3 is 1.81 bits per heavy atom. The van der Waals surface area contributed by atoms with Gasteiger partial charge in [0.05, 0.1) is 14.2 Å². The third-order valence-corrected chi connectivity index (χ3v) is 1.36. The van der Waals surface area contributed by atoms with Gasteiger partial charge >= 0.3 is 24.0 Å². The molecular formula is C6H10N4O6.